The van der Waals surface area contributed by atoms with E-state index in [4.69, 9.17) is 14.2 Å². The van der Waals surface area contributed by atoms with Crippen LogP contribution in [0.4, 0.5) is 0 Å². The van der Waals surface area contributed by atoms with Gasteiger partial charge in [0.25, 0.3) is 0 Å². The molecule has 0 heterocycles. The van der Waals surface area contributed by atoms with Crippen LogP contribution in [0.2, 0.25) is 0 Å². The Morgan fingerprint density at radius 1 is 0.292 bits per heavy atom. The fourth-order valence-corrected chi connectivity index (χ4v) is 6.03. The van der Waals surface area contributed by atoms with E-state index in [9.17, 15) is 14.4 Å². The van der Waals surface area contributed by atoms with Crippen LogP contribution in [-0.4, -0.2) is 37.2 Å². The summed E-state index contributed by atoms with van der Waals surface area (Å²) in [6.07, 6.45) is 90.8. The number of unbranched alkanes of at least 4 members (excludes halogenated alkanes) is 3. The number of carbonyl (C=O) groups excluding carboxylic acids is 3. The maximum Gasteiger partial charge on any atom is 0.306 e. The first-order valence-electron chi connectivity index (χ1n) is 26.8. The van der Waals surface area contributed by atoms with Crippen molar-refractivity contribution in [2.24, 2.45) is 0 Å². The molecule has 0 radical (unpaired) electrons. The minimum absolute atomic E-state index is 0.163. The predicted molar refractivity (Wildman–Crippen MR) is 310 cm³/mol. The molecule has 0 fully saturated rings. The van der Waals surface area contributed by atoms with Crippen molar-refractivity contribution in [3.63, 3.8) is 0 Å². The number of rotatable bonds is 44. The minimum Gasteiger partial charge on any atom is -0.462 e. The molecular weight excluding hydrogens is 889 g/mol. The van der Waals surface area contributed by atoms with E-state index in [-0.39, 0.29) is 38.4 Å². The highest BCUT2D eigenvalue weighted by molar-refractivity contribution is 5.71. The van der Waals surface area contributed by atoms with Crippen LogP contribution in [-0.2, 0) is 28.6 Å². The molecule has 0 aromatic heterocycles. The lowest BCUT2D eigenvalue weighted by atomic mass is 10.1. The summed E-state index contributed by atoms with van der Waals surface area (Å²) in [5.41, 5.74) is 0. The molecule has 1 atom stereocenters. The highest BCUT2D eigenvalue weighted by Crippen LogP contribution is 2.09. The molecule has 0 aliphatic heterocycles. The normalized spacial score (nSPS) is 13.9. The average Bonchev–Trinajstić information content (AvgIpc) is 3.38. The van der Waals surface area contributed by atoms with Gasteiger partial charge in [0.15, 0.2) is 6.10 Å². The summed E-state index contributed by atoms with van der Waals surface area (Å²) >= 11 is 0. The number of carbonyl (C=O) groups is 3. The molecule has 0 bridgehead atoms. The van der Waals surface area contributed by atoms with E-state index >= 15 is 0 Å². The Morgan fingerprint density at radius 3 is 0.972 bits per heavy atom. The van der Waals surface area contributed by atoms with E-state index in [2.05, 4.69) is 142 Å². The number of hydrogen-bond donors (Lipinski definition) is 0. The van der Waals surface area contributed by atoms with Gasteiger partial charge in [0.05, 0.1) is 0 Å². The van der Waals surface area contributed by atoms with E-state index in [1.54, 1.807) is 0 Å². The van der Waals surface area contributed by atoms with Crippen LogP contribution in [0.25, 0.3) is 0 Å². The van der Waals surface area contributed by atoms with Crippen molar-refractivity contribution in [1.82, 2.24) is 0 Å². The van der Waals surface area contributed by atoms with Crippen molar-refractivity contribution in [3.8, 4) is 0 Å². The molecule has 6 heteroatoms. The van der Waals surface area contributed by atoms with Gasteiger partial charge >= 0.3 is 17.9 Å². The van der Waals surface area contributed by atoms with Gasteiger partial charge in [-0.05, 0) is 109 Å². The topological polar surface area (TPSA) is 78.9 Å². The van der Waals surface area contributed by atoms with E-state index in [1.165, 1.54) is 0 Å². The second-order valence-electron chi connectivity index (χ2n) is 16.5. The van der Waals surface area contributed by atoms with Gasteiger partial charge in [-0.15, -0.1) is 0 Å². The molecule has 0 saturated carbocycles. The molecule has 0 saturated heterocycles. The van der Waals surface area contributed by atoms with Crippen LogP contribution in [0.5, 0.6) is 0 Å². The van der Waals surface area contributed by atoms with Crippen molar-refractivity contribution >= 4 is 17.9 Å². The van der Waals surface area contributed by atoms with Crippen molar-refractivity contribution in [3.05, 3.63) is 219 Å². The number of hydrogen-bond acceptors (Lipinski definition) is 6. The predicted octanol–water partition coefficient (Wildman–Crippen LogP) is 18.2. The maximum atomic E-state index is 12.8. The number of esters is 3. The lowest BCUT2D eigenvalue weighted by Gasteiger charge is -2.18. The van der Waals surface area contributed by atoms with Gasteiger partial charge in [-0.1, -0.05) is 246 Å². The van der Waals surface area contributed by atoms with Gasteiger partial charge in [0.1, 0.15) is 13.2 Å². The molecule has 0 rings (SSSR count). The van der Waals surface area contributed by atoms with Gasteiger partial charge in [-0.25, -0.2) is 0 Å². The fourth-order valence-electron chi connectivity index (χ4n) is 6.03. The molecule has 0 aromatic carbocycles. The summed E-state index contributed by atoms with van der Waals surface area (Å²) in [7, 11) is 0. The monoisotopic (exact) mass is 981 g/mol. The van der Waals surface area contributed by atoms with Gasteiger partial charge in [-0.2, -0.15) is 0 Å². The number of ether oxygens (including phenoxy) is 3. The average molecular weight is 981 g/mol. The van der Waals surface area contributed by atoms with Gasteiger partial charge in [-0.3, -0.25) is 14.4 Å². The third kappa shape index (κ3) is 54.7. The zero-order valence-electron chi connectivity index (χ0n) is 44.6. The van der Waals surface area contributed by atoms with Gasteiger partial charge < -0.3 is 14.2 Å². The van der Waals surface area contributed by atoms with E-state index in [0.717, 1.165) is 96.3 Å². The molecule has 1 unspecified atom stereocenters. The Kier molecular flexibility index (Phi) is 52.3. The summed E-state index contributed by atoms with van der Waals surface area (Å²) in [4.78, 5) is 38.0. The lowest BCUT2D eigenvalue weighted by molar-refractivity contribution is -0.166. The Hall–Kier alpha value is -6.27. The third-order valence-electron chi connectivity index (χ3n) is 9.92. The SMILES string of the molecule is CC\C=C/C=C\C=C/C=C\C=C\C=C/C=C\CCCCCC(=O)OCC(COC(=O)CC/C=C\C/C=C\C/C=C\C/C=C\C/C=C\CC)OC(=O)CC/C=C\C/C=C\C/C=C\C/C=C\C/C=C\C/C=C\CC. The zero-order chi connectivity index (χ0) is 52.2. The zero-order valence-corrected chi connectivity index (χ0v) is 44.6. The molecule has 6 nitrogen and oxygen atoms in total. The quantitative estimate of drug-likeness (QED) is 0.0199. The summed E-state index contributed by atoms with van der Waals surface area (Å²) in [6, 6.07) is 0. The molecule has 0 aromatic rings. The van der Waals surface area contributed by atoms with Crippen LogP contribution in [0.3, 0.4) is 0 Å². The summed E-state index contributed by atoms with van der Waals surface area (Å²) in [6.45, 7) is 6.05. The molecule has 72 heavy (non-hydrogen) atoms. The summed E-state index contributed by atoms with van der Waals surface area (Å²) < 4.78 is 16.6. The largest absolute Gasteiger partial charge is 0.462 e. The Labute approximate surface area is 438 Å². The Balaban J connectivity index is 4.77. The van der Waals surface area contributed by atoms with Crippen LogP contribution < -0.4 is 0 Å². The first-order valence-corrected chi connectivity index (χ1v) is 26.8. The van der Waals surface area contributed by atoms with Crippen LogP contribution in [0, 0.1) is 0 Å². The van der Waals surface area contributed by atoms with E-state index in [1.807, 2.05) is 97.2 Å². The van der Waals surface area contributed by atoms with Crippen LogP contribution >= 0.6 is 0 Å². The molecule has 0 N–H and O–H groups in total. The van der Waals surface area contributed by atoms with Crippen molar-refractivity contribution in [2.45, 2.75) is 162 Å². The smallest absolute Gasteiger partial charge is 0.306 e. The summed E-state index contributed by atoms with van der Waals surface area (Å²) in [5, 5.41) is 0. The minimum atomic E-state index is -0.884. The molecule has 392 valence electrons. The molecule has 0 amide bonds. The van der Waals surface area contributed by atoms with Crippen molar-refractivity contribution in [2.75, 3.05) is 13.2 Å². The van der Waals surface area contributed by atoms with Crippen molar-refractivity contribution in [1.29, 1.82) is 0 Å². The Bertz CT molecular complexity index is 1890. The van der Waals surface area contributed by atoms with Crippen LogP contribution in [0.15, 0.2) is 219 Å². The van der Waals surface area contributed by atoms with E-state index < -0.39 is 18.0 Å². The highest BCUT2D eigenvalue weighted by Gasteiger charge is 2.19. The Morgan fingerprint density at radius 2 is 0.597 bits per heavy atom. The van der Waals surface area contributed by atoms with Gasteiger partial charge in [0.2, 0.25) is 0 Å². The molecule has 0 aliphatic carbocycles. The third-order valence-corrected chi connectivity index (χ3v) is 9.92. The highest BCUT2D eigenvalue weighted by atomic mass is 16.6. The molecular formula is C66H92O6. The van der Waals surface area contributed by atoms with Crippen molar-refractivity contribution < 1.29 is 28.6 Å². The second kappa shape index (κ2) is 57.3. The molecule has 0 aliphatic rings. The second-order valence-corrected chi connectivity index (χ2v) is 16.5. The van der Waals surface area contributed by atoms with E-state index in [0.29, 0.717) is 19.3 Å². The first kappa shape index (κ1) is 65.7. The lowest BCUT2D eigenvalue weighted by Crippen LogP contribution is -2.30. The van der Waals surface area contributed by atoms with Crippen LogP contribution in [0.1, 0.15) is 156 Å². The standard InChI is InChI=1S/C66H92O6/c1-4-7-10-13-16-19-22-25-28-31-33-35-38-41-44-47-50-53-56-59-65(68)71-62-63(61-70-64(67)58-55-52-49-46-43-40-37-30-27-24-21-18-15-12-9-6-3)72-66(69)60-57-54-51-48-45-42-39-36-34-32-29-26-23-20-17-14-11-8-5-2/h7-13,16-22,25-31,33-36,38,40-45,49,51-52,54,63H,4-6,14-15,23-24,32,37,39,46-48,50,53,55-62H2,1-3H3/b10-7-,11-8-,12-9-,16-13-,20-17-,21-18-,22-19-,28-25-,29-26-,30-27-,33-31+,36-34-,38-35-,43-40-,44-41-,45-42-,52-49-,54-51-. The maximum absolute atomic E-state index is 12.8. The first-order chi connectivity index (χ1) is 35.5. The summed E-state index contributed by atoms with van der Waals surface area (Å²) in [5.74, 6) is -1.20. The van der Waals surface area contributed by atoms with Gasteiger partial charge in [0, 0.05) is 19.3 Å². The fraction of sp³-hybridized carbons (Fsp3) is 0.409. The molecule has 0 spiro atoms. The number of allylic oxidation sites excluding steroid dienone is 36.